The summed E-state index contributed by atoms with van der Waals surface area (Å²) in [6, 6.07) is 0. The minimum Gasteiger partial charge on any atom is -0.478 e. The average molecular weight is 510 g/mol. The Balaban J connectivity index is 1.28. The summed E-state index contributed by atoms with van der Waals surface area (Å²) in [7, 11) is 0. The predicted molar refractivity (Wildman–Crippen MR) is 148 cm³/mol. The highest BCUT2D eigenvalue weighted by atomic mass is 16.5. The predicted octanol–water partition coefficient (Wildman–Crippen LogP) is 5.67. The number of nitrogens with zero attached hydrogens (tertiary/aromatic N) is 1. The lowest BCUT2D eigenvalue weighted by atomic mass is 9.61. The lowest BCUT2D eigenvalue weighted by molar-refractivity contribution is 0.0862. The second-order valence-corrected chi connectivity index (χ2v) is 13.5. The number of aliphatic hydroxyl groups excluding tert-OH is 3. The maximum Gasteiger partial charge on any atom is 0.193 e. The molecular formula is C32H47NO4. The molecule has 4 saturated carbocycles. The van der Waals surface area contributed by atoms with Crippen molar-refractivity contribution in [2.75, 3.05) is 6.61 Å². The fourth-order valence-electron chi connectivity index (χ4n) is 7.82. The Kier molecular flexibility index (Phi) is 7.13. The standard InChI is InChI=1S/C32H47NO4/c1-20(8-13-28(36)32(15-16-32)29-33-30(3,4)19-37-29)25-11-12-26-22(7-6-14-31(25,26)5)9-10-23-17-24(34)18-27(35)21(23)2/h8-10,13,20,24-28,34-36H,2,6-7,11-12,14-19H2,1,3-5H3/t20-,24-,25-,26+,27+,28-,31-/m1/s1. The molecule has 7 atom stereocenters. The second-order valence-electron chi connectivity index (χ2n) is 13.5. The fraction of sp³-hybridized carbons (Fsp3) is 0.719. The van der Waals surface area contributed by atoms with Gasteiger partial charge in [-0.25, -0.2) is 4.99 Å². The molecule has 0 bridgehead atoms. The molecule has 0 unspecified atom stereocenters. The monoisotopic (exact) mass is 509 g/mol. The Morgan fingerprint density at radius 2 is 1.84 bits per heavy atom. The zero-order chi connectivity index (χ0) is 26.6. The topological polar surface area (TPSA) is 82.3 Å². The molecule has 1 aliphatic heterocycles. The molecule has 0 spiro atoms. The molecule has 204 valence electrons. The molecule has 0 aromatic rings. The van der Waals surface area contributed by atoms with E-state index in [4.69, 9.17) is 9.73 Å². The van der Waals surface area contributed by atoms with Crippen LogP contribution < -0.4 is 0 Å². The molecule has 5 nitrogen and oxygen atoms in total. The quantitative estimate of drug-likeness (QED) is 0.403. The Hall–Kier alpha value is -1.69. The molecule has 0 radical (unpaired) electrons. The third-order valence-corrected chi connectivity index (χ3v) is 10.3. The van der Waals surface area contributed by atoms with Gasteiger partial charge in [0.15, 0.2) is 5.90 Å². The number of fused-ring (bicyclic) bond motifs is 1. The molecule has 0 aromatic carbocycles. The first-order valence-electron chi connectivity index (χ1n) is 14.5. The lowest BCUT2D eigenvalue weighted by Gasteiger charge is -2.44. The minimum atomic E-state index is -0.641. The molecule has 4 fully saturated rings. The van der Waals surface area contributed by atoms with Gasteiger partial charge in [-0.2, -0.15) is 0 Å². The number of aliphatic hydroxyl groups is 3. The van der Waals surface area contributed by atoms with Gasteiger partial charge >= 0.3 is 0 Å². The number of allylic oxidation sites excluding steroid dienone is 4. The largest absolute Gasteiger partial charge is 0.478 e. The van der Waals surface area contributed by atoms with Gasteiger partial charge in [0.2, 0.25) is 0 Å². The highest BCUT2D eigenvalue weighted by Gasteiger charge is 2.56. The Morgan fingerprint density at radius 3 is 2.51 bits per heavy atom. The van der Waals surface area contributed by atoms with Crippen molar-refractivity contribution in [2.24, 2.45) is 33.6 Å². The Morgan fingerprint density at radius 1 is 1.08 bits per heavy atom. The van der Waals surface area contributed by atoms with E-state index in [9.17, 15) is 15.3 Å². The van der Waals surface area contributed by atoms with E-state index in [1.54, 1.807) is 0 Å². The first kappa shape index (κ1) is 26.9. The van der Waals surface area contributed by atoms with Gasteiger partial charge in [-0.05, 0) is 99.5 Å². The van der Waals surface area contributed by atoms with E-state index >= 15 is 0 Å². The number of hydrogen-bond acceptors (Lipinski definition) is 5. The van der Waals surface area contributed by atoms with Gasteiger partial charge < -0.3 is 20.1 Å². The molecule has 1 heterocycles. The zero-order valence-corrected chi connectivity index (χ0v) is 23.2. The van der Waals surface area contributed by atoms with E-state index in [1.165, 1.54) is 31.3 Å². The number of rotatable bonds is 6. The SMILES string of the molecule is C=C1C(=CC=C2CCC[C@]3(C)[C@@H]([C@H](C)C=C[C@@H](O)C4(C5=NC(C)(C)CO5)CC4)CC[C@@H]23)C[C@@H](O)C[C@@H]1O. The average Bonchev–Trinajstić information content (AvgIpc) is 3.45. The normalized spacial score (nSPS) is 40.5. The van der Waals surface area contributed by atoms with Crippen LogP contribution in [0.15, 0.2) is 52.6 Å². The zero-order valence-electron chi connectivity index (χ0n) is 23.2. The maximum atomic E-state index is 11.1. The van der Waals surface area contributed by atoms with Crippen LogP contribution in [0.5, 0.6) is 0 Å². The molecule has 4 aliphatic carbocycles. The van der Waals surface area contributed by atoms with Gasteiger partial charge in [0, 0.05) is 6.42 Å². The van der Waals surface area contributed by atoms with Crippen molar-refractivity contribution in [3.05, 3.63) is 47.6 Å². The summed E-state index contributed by atoms with van der Waals surface area (Å²) in [5, 5.41) is 31.5. The van der Waals surface area contributed by atoms with Gasteiger partial charge in [-0.1, -0.05) is 50.3 Å². The molecular weight excluding hydrogens is 462 g/mol. The summed E-state index contributed by atoms with van der Waals surface area (Å²) >= 11 is 0. The van der Waals surface area contributed by atoms with Gasteiger partial charge in [-0.3, -0.25) is 0 Å². The summed E-state index contributed by atoms with van der Waals surface area (Å²) in [5.74, 6) is 2.30. The molecule has 3 N–H and O–H groups in total. The van der Waals surface area contributed by atoms with Crippen LogP contribution in [0.3, 0.4) is 0 Å². The van der Waals surface area contributed by atoms with Crippen LogP contribution in [0.4, 0.5) is 0 Å². The van der Waals surface area contributed by atoms with E-state index < -0.39 is 18.3 Å². The highest BCUT2D eigenvalue weighted by Crippen LogP contribution is 2.60. The van der Waals surface area contributed by atoms with Crippen molar-refractivity contribution >= 4 is 5.90 Å². The van der Waals surface area contributed by atoms with Crippen LogP contribution in [-0.4, -0.2) is 51.7 Å². The van der Waals surface area contributed by atoms with Gasteiger partial charge in [0.05, 0.1) is 29.3 Å². The van der Waals surface area contributed by atoms with E-state index in [2.05, 4.69) is 52.5 Å². The fourth-order valence-corrected chi connectivity index (χ4v) is 7.82. The molecule has 0 saturated heterocycles. The minimum absolute atomic E-state index is 0.193. The molecule has 5 rings (SSSR count). The maximum absolute atomic E-state index is 11.1. The molecule has 5 heteroatoms. The molecule has 0 aromatic heterocycles. The van der Waals surface area contributed by atoms with E-state index in [-0.39, 0.29) is 16.4 Å². The smallest absolute Gasteiger partial charge is 0.193 e. The number of ether oxygens (including phenoxy) is 1. The summed E-state index contributed by atoms with van der Waals surface area (Å²) in [5.41, 5.74) is 3.00. The molecule has 37 heavy (non-hydrogen) atoms. The van der Waals surface area contributed by atoms with Crippen LogP contribution in [0, 0.1) is 28.6 Å². The number of hydrogen-bond donors (Lipinski definition) is 3. The van der Waals surface area contributed by atoms with Crippen molar-refractivity contribution < 1.29 is 20.1 Å². The number of aliphatic imine (C=N–C) groups is 1. The van der Waals surface area contributed by atoms with Crippen molar-refractivity contribution in [1.29, 1.82) is 0 Å². The molecule has 5 aliphatic rings. The van der Waals surface area contributed by atoms with Crippen LogP contribution in [0.25, 0.3) is 0 Å². The first-order valence-corrected chi connectivity index (χ1v) is 14.5. The van der Waals surface area contributed by atoms with Crippen molar-refractivity contribution in [3.8, 4) is 0 Å². The first-order chi connectivity index (χ1) is 17.4. The lowest BCUT2D eigenvalue weighted by Crippen LogP contribution is -2.35. The Labute approximate surface area is 223 Å². The van der Waals surface area contributed by atoms with Gasteiger partial charge in [0.1, 0.15) is 6.61 Å². The van der Waals surface area contributed by atoms with Crippen molar-refractivity contribution in [1.82, 2.24) is 0 Å². The third-order valence-electron chi connectivity index (χ3n) is 10.3. The van der Waals surface area contributed by atoms with E-state index in [0.29, 0.717) is 37.2 Å². The van der Waals surface area contributed by atoms with Crippen LogP contribution in [0.2, 0.25) is 0 Å². The Bertz CT molecular complexity index is 1030. The van der Waals surface area contributed by atoms with Crippen LogP contribution in [-0.2, 0) is 4.74 Å². The molecule has 0 amide bonds. The van der Waals surface area contributed by atoms with Crippen molar-refractivity contribution in [3.63, 3.8) is 0 Å². The van der Waals surface area contributed by atoms with Crippen LogP contribution >= 0.6 is 0 Å². The highest BCUT2D eigenvalue weighted by molar-refractivity contribution is 5.88. The second kappa shape index (κ2) is 9.81. The van der Waals surface area contributed by atoms with Gasteiger partial charge in [-0.15, -0.1) is 0 Å². The summed E-state index contributed by atoms with van der Waals surface area (Å²) in [6.45, 7) is 13.6. The van der Waals surface area contributed by atoms with E-state index in [1.807, 2.05) is 6.08 Å². The summed E-state index contributed by atoms with van der Waals surface area (Å²) < 4.78 is 5.92. The van der Waals surface area contributed by atoms with Crippen molar-refractivity contribution in [2.45, 2.75) is 109 Å². The van der Waals surface area contributed by atoms with Gasteiger partial charge in [0.25, 0.3) is 0 Å². The van der Waals surface area contributed by atoms with Crippen LogP contribution in [0.1, 0.15) is 85.5 Å². The summed E-state index contributed by atoms with van der Waals surface area (Å²) in [6.07, 6.45) is 15.8. The summed E-state index contributed by atoms with van der Waals surface area (Å²) in [4.78, 5) is 4.77. The van der Waals surface area contributed by atoms with E-state index in [0.717, 1.165) is 36.3 Å². The third kappa shape index (κ3) is 5.04.